The van der Waals surface area contributed by atoms with Gasteiger partial charge in [-0.1, -0.05) is 42.5 Å². The highest BCUT2D eigenvalue weighted by Gasteiger charge is 2.30. The third-order valence-electron chi connectivity index (χ3n) is 7.23. The quantitative estimate of drug-likeness (QED) is 0.243. The monoisotopic (exact) mass is 522 g/mol. The maximum Gasteiger partial charge on any atom is 0.304 e. The number of nitrogen functional groups attached to an aromatic ring is 1. The summed E-state index contributed by atoms with van der Waals surface area (Å²) in [6.07, 6.45) is 1.31. The number of carboxylic acids is 1. The lowest BCUT2D eigenvalue weighted by atomic mass is 9.84. The average molecular weight is 523 g/mol. The smallest absolute Gasteiger partial charge is 0.304 e. The van der Waals surface area contributed by atoms with Gasteiger partial charge in [0, 0.05) is 26.1 Å². The van der Waals surface area contributed by atoms with Gasteiger partial charge in [0.25, 0.3) is 0 Å². The third-order valence-corrected chi connectivity index (χ3v) is 9.18. The minimum Gasteiger partial charge on any atom is -0.481 e. The summed E-state index contributed by atoms with van der Waals surface area (Å²) in [6.45, 7) is 4.44. The van der Waals surface area contributed by atoms with Gasteiger partial charge < -0.3 is 15.8 Å². The van der Waals surface area contributed by atoms with Crippen LogP contribution in [-0.4, -0.2) is 37.4 Å². The molecule has 196 valence electrons. The summed E-state index contributed by atoms with van der Waals surface area (Å²) >= 11 is 0. The fraction of sp³-hybridized carbons (Fsp3) is 0.321. The van der Waals surface area contributed by atoms with Gasteiger partial charge in [-0.05, 0) is 72.2 Å². The van der Waals surface area contributed by atoms with E-state index < -0.39 is 21.9 Å². The lowest BCUT2D eigenvalue weighted by molar-refractivity contribution is -0.137. The highest BCUT2D eigenvalue weighted by Crippen LogP contribution is 2.37. The maximum absolute atomic E-state index is 13.5. The summed E-state index contributed by atoms with van der Waals surface area (Å²) in [5, 5.41) is 11.2. The van der Waals surface area contributed by atoms with Gasteiger partial charge in [0.2, 0.25) is 10.0 Å². The van der Waals surface area contributed by atoms with Gasteiger partial charge in [-0.25, -0.2) is 14.3 Å². The topological polar surface area (TPSA) is 130 Å². The minimum atomic E-state index is -3.66. The maximum atomic E-state index is 13.5. The molecule has 1 heterocycles. The van der Waals surface area contributed by atoms with Crippen molar-refractivity contribution in [3.05, 3.63) is 88.0 Å². The molecule has 0 saturated carbocycles. The molecular formula is C28H34N4O4S. The molecule has 0 spiro atoms. The molecule has 8 nitrogen and oxygen atoms in total. The second-order valence-electron chi connectivity index (χ2n) is 9.71. The number of carbonyl (C=O) groups is 1. The first-order valence-corrected chi connectivity index (χ1v) is 13.7. The number of benzene rings is 3. The van der Waals surface area contributed by atoms with Crippen LogP contribution in [-0.2, 0) is 27.8 Å². The molecule has 4 rings (SSSR count). The number of fused-ring (bicyclic) bond motifs is 1. The predicted octanol–water partition coefficient (Wildman–Crippen LogP) is 3.94. The molecule has 0 bridgehead atoms. The van der Waals surface area contributed by atoms with E-state index in [4.69, 9.17) is 11.6 Å². The van der Waals surface area contributed by atoms with Gasteiger partial charge in [0.05, 0.1) is 22.7 Å². The first-order chi connectivity index (χ1) is 17.5. The van der Waals surface area contributed by atoms with Crippen LogP contribution in [0.2, 0.25) is 0 Å². The van der Waals surface area contributed by atoms with Gasteiger partial charge in [-0.3, -0.25) is 4.79 Å². The molecule has 1 aliphatic heterocycles. The fourth-order valence-electron chi connectivity index (χ4n) is 5.10. The second-order valence-corrected chi connectivity index (χ2v) is 11.6. The van der Waals surface area contributed by atoms with Crippen molar-refractivity contribution in [2.75, 3.05) is 24.3 Å². The summed E-state index contributed by atoms with van der Waals surface area (Å²) in [5.41, 5.74) is 12.5. The van der Waals surface area contributed by atoms with E-state index in [2.05, 4.69) is 0 Å². The van der Waals surface area contributed by atoms with Crippen LogP contribution in [0.3, 0.4) is 0 Å². The van der Waals surface area contributed by atoms with E-state index in [1.165, 1.54) is 9.31 Å². The molecule has 3 aromatic rings. The Balaban J connectivity index is 1.74. The molecule has 0 fully saturated rings. The Hall–Kier alpha value is -3.40. The van der Waals surface area contributed by atoms with Crippen molar-refractivity contribution in [3.63, 3.8) is 0 Å². The van der Waals surface area contributed by atoms with E-state index in [1.807, 2.05) is 50.2 Å². The molecule has 1 unspecified atom stereocenters. The number of rotatable bonds is 7. The molecule has 0 saturated heterocycles. The zero-order valence-corrected chi connectivity index (χ0v) is 22.3. The number of nitrogens with two attached hydrogens (primary N) is 2. The van der Waals surface area contributed by atoms with Gasteiger partial charge in [-0.15, -0.1) is 0 Å². The molecule has 1 atom stereocenters. The second kappa shape index (κ2) is 10.5. The van der Waals surface area contributed by atoms with E-state index in [9.17, 15) is 18.3 Å². The van der Waals surface area contributed by atoms with Gasteiger partial charge in [0.1, 0.15) is 0 Å². The van der Waals surface area contributed by atoms with E-state index >= 15 is 0 Å². The van der Waals surface area contributed by atoms with Crippen LogP contribution >= 0.6 is 0 Å². The van der Waals surface area contributed by atoms with Gasteiger partial charge in [-0.2, -0.15) is 4.31 Å². The van der Waals surface area contributed by atoms with Crippen molar-refractivity contribution in [1.29, 1.82) is 0 Å². The molecule has 0 amide bonds. The largest absolute Gasteiger partial charge is 0.481 e. The highest BCUT2D eigenvalue weighted by atomic mass is 32.2. The Morgan fingerprint density at radius 3 is 2.57 bits per heavy atom. The molecule has 3 aromatic carbocycles. The molecule has 1 aliphatic rings. The van der Waals surface area contributed by atoms with Gasteiger partial charge in [0.15, 0.2) is 0 Å². The standard InChI is InChI=1S/C28H34N4O4S/c1-18-10-11-21(24(16-27(33)34)23-12-13-25(31(3)30)28(29)19(23)2)15-22(18)17-32-14-6-8-20-7-4-5-9-26(20)37(32,35)36/h4-5,7,9-13,15,24H,6,8,14,16-17,29-30H2,1-3H3,(H,33,34). The highest BCUT2D eigenvalue weighted by molar-refractivity contribution is 7.89. The zero-order chi connectivity index (χ0) is 26.9. The van der Waals surface area contributed by atoms with Crippen LogP contribution in [0.4, 0.5) is 11.4 Å². The van der Waals surface area contributed by atoms with E-state index in [1.54, 1.807) is 25.2 Å². The van der Waals surface area contributed by atoms with Crippen LogP contribution in [0.5, 0.6) is 0 Å². The first-order valence-electron chi connectivity index (χ1n) is 12.3. The molecular weight excluding hydrogens is 488 g/mol. The fourth-order valence-corrected chi connectivity index (χ4v) is 6.81. The average Bonchev–Trinajstić information content (AvgIpc) is 2.96. The predicted molar refractivity (Wildman–Crippen MR) is 146 cm³/mol. The summed E-state index contributed by atoms with van der Waals surface area (Å²) in [5.74, 6) is 4.50. The van der Waals surface area contributed by atoms with Crippen LogP contribution in [0.25, 0.3) is 0 Å². The number of sulfonamides is 1. The molecule has 37 heavy (non-hydrogen) atoms. The number of anilines is 2. The van der Waals surface area contributed by atoms with Crippen LogP contribution in [0.15, 0.2) is 59.5 Å². The number of aryl methyl sites for hydroxylation is 2. The Bertz CT molecular complexity index is 1440. The number of hydrogen-bond acceptors (Lipinski definition) is 6. The van der Waals surface area contributed by atoms with E-state index in [-0.39, 0.29) is 13.0 Å². The zero-order valence-electron chi connectivity index (χ0n) is 21.4. The first kappa shape index (κ1) is 26.7. The molecule has 0 radical (unpaired) electrons. The van der Waals surface area contributed by atoms with Crippen molar-refractivity contribution < 1.29 is 18.3 Å². The molecule has 9 heteroatoms. The summed E-state index contributed by atoms with van der Waals surface area (Å²) in [4.78, 5) is 12.3. The third kappa shape index (κ3) is 5.34. The van der Waals surface area contributed by atoms with Crippen molar-refractivity contribution in [3.8, 4) is 0 Å². The minimum absolute atomic E-state index is 0.129. The number of aliphatic carboxylic acids is 1. The Kier molecular flexibility index (Phi) is 7.59. The van der Waals surface area contributed by atoms with Gasteiger partial charge >= 0.3 is 5.97 Å². The van der Waals surface area contributed by atoms with E-state index in [0.717, 1.165) is 39.8 Å². The number of hydrogen-bond donors (Lipinski definition) is 3. The molecule has 5 N–H and O–H groups in total. The number of hydrazine groups is 1. The van der Waals surface area contributed by atoms with Crippen molar-refractivity contribution in [1.82, 2.24) is 4.31 Å². The lowest BCUT2D eigenvalue weighted by Gasteiger charge is -2.25. The molecule has 0 aromatic heterocycles. The lowest BCUT2D eigenvalue weighted by Crippen LogP contribution is -2.31. The van der Waals surface area contributed by atoms with Crippen LogP contribution < -0.4 is 16.6 Å². The SMILES string of the molecule is Cc1ccc(C(CC(=O)O)c2ccc(N(C)N)c(N)c2C)cc1CN1CCCc2ccccc2S1(=O)=O. The Labute approximate surface area is 218 Å². The summed E-state index contributed by atoms with van der Waals surface area (Å²) < 4.78 is 28.6. The number of carboxylic acid groups (broad SMARTS) is 1. The Morgan fingerprint density at radius 2 is 1.86 bits per heavy atom. The Morgan fingerprint density at radius 1 is 1.14 bits per heavy atom. The van der Waals surface area contributed by atoms with Crippen molar-refractivity contribution >= 4 is 27.4 Å². The van der Waals surface area contributed by atoms with Crippen LogP contribution in [0, 0.1) is 13.8 Å². The summed E-state index contributed by atoms with van der Waals surface area (Å²) in [7, 11) is -1.96. The summed E-state index contributed by atoms with van der Waals surface area (Å²) in [6, 6.07) is 16.6. The normalized spacial score (nSPS) is 16.0. The van der Waals surface area contributed by atoms with Crippen molar-refractivity contribution in [2.24, 2.45) is 5.84 Å². The van der Waals surface area contributed by atoms with E-state index in [0.29, 0.717) is 29.2 Å². The van der Waals surface area contributed by atoms with Crippen molar-refractivity contribution in [2.45, 2.75) is 50.5 Å². The molecule has 0 aliphatic carbocycles. The van der Waals surface area contributed by atoms with Crippen LogP contribution in [0.1, 0.15) is 52.1 Å². The number of nitrogens with zero attached hydrogens (tertiary/aromatic N) is 2.